The first kappa shape index (κ1) is 17.9. The van der Waals surface area contributed by atoms with Crippen molar-refractivity contribution >= 4 is 34.4 Å². The molecule has 22 heavy (non-hydrogen) atoms. The molecule has 0 heterocycles. The van der Waals surface area contributed by atoms with Crippen LogP contribution in [0.4, 0.5) is 0 Å². The Morgan fingerprint density at radius 2 is 1.32 bits per heavy atom. The van der Waals surface area contributed by atoms with E-state index in [0.29, 0.717) is 0 Å². The fourth-order valence-electron chi connectivity index (χ4n) is 2.73. The summed E-state index contributed by atoms with van der Waals surface area (Å²) in [5.41, 5.74) is 0. The molecule has 2 aromatic carbocycles. The fraction of sp³-hybridized carbons (Fsp3) is 0.368. The highest BCUT2D eigenvalue weighted by Crippen LogP contribution is 2.53. The molecule has 0 fully saturated rings. The van der Waals surface area contributed by atoms with E-state index in [-0.39, 0.29) is 7.92 Å². The lowest BCUT2D eigenvalue weighted by Crippen LogP contribution is -2.24. The van der Waals surface area contributed by atoms with E-state index in [1.54, 1.807) is 10.6 Å². The molecule has 0 radical (unpaired) electrons. The van der Waals surface area contributed by atoms with Gasteiger partial charge in [-0.15, -0.1) is 8.13 Å². The Hall–Kier alpha value is -0.483. The minimum absolute atomic E-state index is 0.237. The summed E-state index contributed by atoms with van der Waals surface area (Å²) in [6.07, 6.45) is 2.65. The Kier molecular flexibility index (Phi) is 6.81. The molecule has 0 saturated heterocycles. The highest BCUT2D eigenvalue weighted by atomic mass is 31.4. The zero-order chi connectivity index (χ0) is 16.0. The Morgan fingerprint density at radius 1 is 0.864 bits per heavy atom. The van der Waals surface area contributed by atoms with Crippen molar-refractivity contribution in [1.29, 1.82) is 0 Å². The Morgan fingerprint density at radius 3 is 1.68 bits per heavy atom. The van der Waals surface area contributed by atoms with Gasteiger partial charge in [0.2, 0.25) is 0 Å². The molecule has 0 aromatic heterocycles. The Balaban J connectivity index is 2.41. The molecule has 0 bridgehead atoms. The van der Waals surface area contributed by atoms with Crippen molar-refractivity contribution in [3.05, 3.63) is 60.7 Å². The molecular formula is C19H28P2Si. The van der Waals surface area contributed by atoms with Gasteiger partial charge in [-0.05, 0) is 25.0 Å². The molecular weight excluding hydrogens is 318 g/mol. The summed E-state index contributed by atoms with van der Waals surface area (Å²) in [5, 5.41) is 3.94. The summed E-state index contributed by atoms with van der Waals surface area (Å²) < 4.78 is 0. The summed E-state index contributed by atoms with van der Waals surface area (Å²) in [6.45, 7) is 9.91. The largest absolute Gasteiger partial charge is 0.125 e. The van der Waals surface area contributed by atoms with Crippen LogP contribution < -0.4 is 10.6 Å². The Labute approximate surface area is 140 Å². The quantitative estimate of drug-likeness (QED) is 0.442. The van der Waals surface area contributed by atoms with Crippen LogP contribution >= 0.6 is 16.1 Å². The first-order valence-electron chi connectivity index (χ1n) is 8.18. The molecule has 118 valence electrons. The average molecular weight is 346 g/mol. The maximum absolute atomic E-state index is 2.53. The van der Waals surface area contributed by atoms with Gasteiger partial charge >= 0.3 is 0 Å². The van der Waals surface area contributed by atoms with Crippen LogP contribution in [0, 0.1) is 0 Å². The number of rotatable bonds is 7. The van der Waals surface area contributed by atoms with Gasteiger partial charge in [0.05, 0.1) is 7.74 Å². The topological polar surface area (TPSA) is 0 Å². The van der Waals surface area contributed by atoms with Crippen LogP contribution in [0.5, 0.6) is 0 Å². The molecule has 0 spiro atoms. The lowest BCUT2D eigenvalue weighted by atomic mass is 10.4. The van der Waals surface area contributed by atoms with Gasteiger partial charge in [0, 0.05) is 5.40 Å². The standard InChI is InChI=1S/C19H28P2Si/c1-5-12-19(20-22(2,3)4)21(17-13-8-6-9-14-17)18-15-10-7-11-16-18/h6-11,13-16,19-20H,5,12H2,1-4H3. The lowest BCUT2D eigenvalue weighted by Gasteiger charge is -2.33. The zero-order valence-corrected chi connectivity index (χ0v) is 17.1. The van der Waals surface area contributed by atoms with Crippen molar-refractivity contribution in [2.24, 2.45) is 0 Å². The summed E-state index contributed by atoms with van der Waals surface area (Å²) in [7, 11) is -0.141. The lowest BCUT2D eigenvalue weighted by molar-refractivity contribution is 0.865. The van der Waals surface area contributed by atoms with Crippen molar-refractivity contribution in [2.45, 2.75) is 44.8 Å². The normalized spacial score (nSPS) is 13.9. The summed E-state index contributed by atoms with van der Waals surface area (Å²) in [5.74, 6) is 0. The molecule has 0 aliphatic rings. The van der Waals surface area contributed by atoms with Crippen LogP contribution in [0.1, 0.15) is 19.8 Å². The van der Waals surface area contributed by atoms with E-state index in [4.69, 9.17) is 0 Å². The van der Waals surface area contributed by atoms with Crippen molar-refractivity contribution in [1.82, 2.24) is 0 Å². The van der Waals surface area contributed by atoms with Gasteiger partial charge in [-0.25, -0.2) is 0 Å². The van der Waals surface area contributed by atoms with E-state index < -0.39 is 7.74 Å². The minimum atomic E-state index is -1.04. The van der Waals surface area contributed by atoms with Gasteiger partial charge in [-0.1, -0.05) is 93.6 Å². The van der Waals surface area contributed by atoms with Gasteiger partial charge in [0.25, 0.3) is 0 Å². The number of benzene rings is 2. The van der Waals surface area contributed by atoms with Crippen molar-refractivity contribution in [3.8, 4) is 0 Å². The van der Waals surface area contributed by atoms with Crippen LogP contribution in [-0.2, 0) is 0 Å². The van der Waals surface area contributed by atoms with E-state index in [1.165, 1.54) is 12.8 Å². The molecule has 0 saturated carbocycles. The van der Waals surface area contributed by atoms with Gasteiger partial charge in [-0.2, -0.15) is 0 Å². The van der Waals surface area contributed by atoms with Crippen molar-refractivity contribution in [3.63, 3.8) is 0 Å². The van der Waals surface area contributed by atoms with E-state index in [9.17, 15) is 0 Å². The minimum Gasteiger partial charge on any atom is -0.125 e. The highest BCUT2D eigenvalue weighted by Gasteiger charge is 2.28. The van der Waals surface area contributed by atoms with Gasteiger partial charge in [0.15, 0.2) is 0 Å². The number of hydrogen-bond acceptors (Lipinski definition) is 0. The second-order valence-corrected chi connectivity index (χ2v) is 20.5. The number of hydrogen-bond donors (Lipinski definition) is 0. The summed E-state index contributed by atoms with van der Waals surface area (Å²) >= 11 is 0. The third-order valence-corrected chi connectivity index (χ3v) is 13.2. The molecule has 0 N–H and O–H groups in total. The first-order chi connectivity index (χ1) is 10.5. The summed E-state index contributed by atoms with van der Waals surface area (Å²) in [4.78, 5) is 0. The predicted octanol–water partition coefficient (Wildman–Crippen LogP) is 5.76. The molecule has 2 aromatic rings. The maximum Gasteiger partial charge on any atom is 0.0693 e. The third kappa shape index (κ3) is 5.30. The second kappa shape index (κ2) is 8.39. The van der Waals surface area contributed by atoms with Gasteiger partial charge in [-0.3, -0.25) is 0 Å². The maximum atomic E-state index is 2.53. The van der Waals surface area contributed by atoms with Crippen LogP contribution in [-0.4, -0.2) is 13.1 Å². The molecule has 3 heteroatoms. The van der Waals surface area contributed by atoms with E-state index in [1.807, 2.05) is 0 Å². The second-order valence-electron chi connectivity index (χ2n) is 6.74. The van der Waals surface area contributed by atoms with Crippen molar-refractivity contribution < 1.29 is 0 Å². The van der Waals surface area contributed by atoms with E-state index >= 15 is 0 Å². The predicted molar refractivity (Wildman–Crippen MR) is 109 cm³/mol. The van der Waals surface area contributed by atoms with E-state index in [2.05, 4.69) is 87.2 Å². The van der Waals surface area contributed by atoms with E-state index in [0.717, 1.165) is 13.5 Å². The zero-order valence-electron chi connectivity index (χ0n) is 14.2. The van der Waals surface area contributed by atoms with Crippen LogP contribution in [0.2, 0.25) is 19.6 Å². The Bertz CT molecular complexity index is 509. The molecule has 2 unspecified atom stereocenters. The molecule has 0 amide bonds. The molecule has 0 aliphatic carbocycles. The van der Waals surface area contributed by atoms with Gasteiger partial charge in [0.1, 0.15) is 0 Å². The van der Waals surface area contributed by atoms with Crippen LogP contribution in [0.3, 0.4) is 0 Å². The third-order valence-electron chi connectivity index (χ3n) is 3.54. The first-order valence-corrected chi connectivity index (χ1v) is 15.2. The SMILES string of the molecule is CCCC(P[Si](C)(C)C)P(c1ccccc1)c1ccccc1. The fourth-order valence-corrected chi connectivity index (χ4v) is 16.2. The summed E-state index contributed by atoms with van der Waals surface area (Å²) in [6, 6.07) is 22.5. The van der Waals surface area contributed by atoms with Gasteiger partial charge < -0.3 is 0 Å². The molecule has 2 atom stereocenters. The van der Waals surface area contributed by atoms with Crippen molar-refractivity contribution in [2.75, 3.05) is 0 Å². The molecule has 0 nitrogen and oxygen atoms in total. The highest BCUT2D eigenvalue weighted by molar-refractivity contribution is 7.92. The average Bonchev–Trinajstić information content (AvgIpc) is 2.48. The molecule has 2 rings (SSSR count). The molecule has 0 aliphatic heterocycles. The van der Waals surface area contributed by atoms with Crippen LogP contribution in [0.25, 0.3) is 0 Å². The smallest absolute Gasteiger partial charge is 0.0693 e. The van der Waals surface area contributed by atoms with Crippen LogP contribution in [0.15, 0.2) is 60.7 Å². The monoisotopic (exact) mass is 346 g/mol.